The first kappa shape index (κ1) is 13.7. The summed E-state index contributed by atoms with van der Waals surface area (Å²) in [6.07, 6.45) is 0.893. The number of hydrogen-bond acceptors (Lipinski definition) is 4. The highest BCUT2D eigenvalue weighted by atomic mass is 16.5. The lowest BCUT2D eigenvalue weighted by molar-refractivity contribution is -0.142. The minimum Gasteiger partial charge on any atom is -0.484 e. The molecule has 1 heterocycles. The van der Waals surface area contributed by atoms with Crippen LogP contribution in [0.15, 0.2) is 24.3 Å². The van der Waals surface area contributed by atoms with Gasteiger partial charge < -0.3 is 20.1 Å². The number of nitrogens with two attached hydrogens (primary N) is 1. The number of ether oxygens (including phenoxy) is 2. The van der Waals surface area contributed by atoms with Gasteiger partial charge in [-0.2, -0.15) is 0 Å². The molecule has 1 unspecified atom stereocenters. The van der Waals surface area contributed by atoms with Gasteiger partial charge in [-0.05, 0) is 18.6 Å². The summed E-state index contributed by atoms with van der Waals surface area (Å²) < 4.78 is 10.9. The first-order valence-corrected chi connectivity index (χ1v) is 6.56. The number of amides is 1. The third-order valence-electron chi connectivity index (χ3n) is 3.24. The Balaban J connectivity index is 1.89. The zero-order valence-corrected chi connectivity index (χ0v) is 11.2. The molecule has 1 aromatic rings. The van der Waals surface area contributed by atoms with Crippen molar-refractivity contribution in [3.05, 3.63) is 24.3 Å². The van der Waals surface area contributed by atoms with Crippen LogP contribution >= 0.6 is 0 Å². The highest BCUT2D eigenvalue weighted by Gasteiger charge is 2.25. The second kappa shape index (κ2) is 6.43. The molecule has 0 saturated carbocycles. The van der Waals surface area contributed by atoms with Crippen molar-refractivity contribution >= 4 is 11.6 Å². The topological polar surface area (TPSA) is 64.8 Å². The van der Waals surface area contributed by atoms with Crippen molar-refractivity contribution in [2.24, 2.45) is 0 Å². The van der Waals surface area contributed by atoms with Crippen molar-refractivity contribution in [2.75, 3.05) is 32.1 Å². The molecule has 1 amide bonds. The average molecular weight is 264 g/mol. The van der Waals surface area contributed by atoms with Gasteiger partial charge in [0.1, 0.15) is 5.75 Å². The largest absolute Gasteiger partial charge is 0.484 e. The highest BCUT2D eigenvalue weighted by molar-refractivity contribution is 5.78. The number of morpholine rings is 1. The van der Waals surface area contributed by atoms with E-state index in [1.54, 1.807) is 24.3 Å². The van der Waals surface area contributed by atoms with Crippen LogP contribution in [0.3, 0.4) is 0 Å². The predicted molar refractivity (Wildman–Crippen MR) is 73.0 cm³/mol. The molecule has 2 rings (SSSR count). The molecule has 0 spiro atoms. The lowest BCUT2D eigenvalue weighted by Gasteiger charge is -2.35. The van der Waals surface area contributed by atoms with Crippen LogP contribution in [-0.4, -0.2) is 43.2 Å². The SMILES string of the molecule is CCC1COCCN1C(=O)COc1cccc(N)c1. The molecular weight excluding hydrogens is 244 g/mol. The van der Waals surface area contributed by atoms with E-state index in [4.69, 9.17) is 15.2 Å². The summed E-state index contributed by atoms with van der Waals surface area (Å²) in [6, 6.07) is 7.25. The van der Waals surface area contributed by atoms with Crippen LogP contribution in [0.2, 0.25) is 0 Å². The van der Waals surface area contributed by atoms with E-state index in [-0.39, 0.29) is 18.6 Å². The highest BCUT2D eigenvalue weighted by Crippen LogP contribution is 2.15. The third kappa shape index (κ3) is 3.61. The Morgan fingerprint density at radius 1 is 1.58 bits per heavy atom. The third-order valence-corrected chi connectivity index (χ3v) is 3.24. The minimum atomic E-state index is -0.00225. The van der Waals surface area contributed by atoms with Gasteiger partial charge in [0.15, 0.2) is 6.61 Å². The second-order valence-electron chi connectivity index (χ2n) is 4.59. The predicted octanol–water partition coefficient (Wildman–Crippen LogP) is 1.28. The van der Waals surface area contributed by atoms with E-state index < -0.39 is 0 Å². The zero-order valence-electron chi connectivity index (χ0n) is 11.2. The number of carbonyl (C=O) groups excluding carboxylic acids is 1. The van der Waals surface area contributed by atoms with Crippen LogP contribution < -0.4 is 10.5 Å². The number of nitrogen functional groups attached to an aromatic ring is 1. The van der Waals surface area contributed by atoms with Crippen LogP contribution in [0, 0.1) is 0 Å². The summed E-state index contributed by atoms with van der Waals surface area (Å²) in [5, 5.41) is 0. The quantitative estimate of drug-likeness (QED) is 0.832. The summed E-state index contributed by atoms with van der Waals surface area (Å²) in [6.45, 7) is 3.94. The Bertz CT molecular complexity index is 436. The summed E-state index contributed by atoms with van der Waals surface area (Å²) in [5.74, 6) is 0.618. The van der Waals surface area contributed by atoms with Gasteiger partial charge in [0, 0.05) is 18.3 Å². The van der Waals surface area contributed by atoms with Crippen molar-refractivity contribution in [1.82, 2.24) is 4.90 Å². The molecule has 0 radical (unpaired) electrons. The number of nitrogens with zero attached hydrogens (tertiary/aromatic N) is 1. The number of carbonyl (C=O) groups is 1. The van der Waals surface area contributed by atoms with Crippen molar-refractivity contribution < 1.29 is 14.3 Å². The molecule has 5 heteroatoms. The average Bonchev–Trinajstić information content (AvgIpc) is 2.45. The van der Waals surface area contributed by atoms with E-state index in [0.717, 1.165) is 6.42 Å². The van der Waals surface area contributed by atoms with Gasteiger partial charge in [-0.3, -0.25) is 4.79 Å². The van der Waals surface area contributed by atoms with Crippen molar-refractivity contribution in [1.29, 1.82) is 0 Å². The lowest BCUT2D eigenvalue weighted by atomic mass is 10.2. The maximum atomic E-state index is 12.1. The van der Waals surface area contributed by atoms with Gasteiger partial charge in [0.25, 0.3) is 5.91 Å². The van der Waals surface area contributed by atoms with Crippen molar-refractivity contribution in [3.8, 4) is 5.75 Å². The molecule has 1 atom stereocenters. The van der Waals surface area contributed by atoms with Crippen molar-refractivity contribution in [3.63, 3.8) is 0 Å². The van der Waals surface area contributed by atoms with Crippen LogP contribution in [0.5, 0.6) is 5.75 Å². The fourth-order valence-electron chi connectivity index (χ4n) is 2.15. The Labute approximate surface area is 113 Å². The van der Waals surface area contributed by atoms with Gasteiger partial charge in [-0.25, -0.2) is 0 Å². The molecule has 5 nitrogen and oxygen atoms in total. The summed E-state index contributed by atoms with van der Waals surface area (Å²) in [5.41, 5.74) is 6.29. The van der Waals surface area contributed by atoms with Crippen LogP contribution in [0.4, 0.5) is 5.69 Å². The smallest absolute Gasteiger partial charge is 0.260 e. The van der Waals surface area contributed by atoms with Crippen LogP contribution in [-0.2, 0) is 9.53 Å². The summed E-state index contributed by atoms with van der Waals surface area (Å²) >= 11 is 0. The van der Waals surface area contributed by atoms with Gasteiger partial charge >= 0.3 is 0 Å². The Morgan fingerprint density at radius 2 is 2.42 bits per heavy atom. The molecule has 1 saturated heterocycles. The number of anilines is 1. The lowest BCUT2D eigenvalue weighted by Crippen LogP contribution is -2.49. The fourth-order valence-corrected chi connectivity index (χ4v) is 2.15. The molecule has 0 aromatic heterocycles. The minimum absolute atomic E-state index is 0.00225. The maximum Gasteiger partial charge on any atom is 0.260 e. The molecule has 104 valence electrons. The fraction of sp³-hybridized carbons (Fsp3) is 0.500. The summed E-state index contributed by atoms with van der Waals surface area (Å²) in [4.78, 5) is 14.0. The summed E-state index contributed by atoms with van der Waals surface area (Å²) in [7, 11) is 0. The number of rotatable bonds is 4. The Morgan fingerprint density at radius 3 is 3.16 bits per heavy atom. The van der Waals surface area contributed by atoms with Gasteiger partial charge in [0.05, 0.1) is 19.3 Å². The first-order valence-electron chi connectivity index (χ1n) is 6.56. The standard InChI is InChI=1S/C14H20N2O3/c1-2-12-9-18-7-6-16(12)14(17)10-19-13-5-3-4-11(15)8-13/h3-5,8,12H,2,6-7,9-10,15H2,1H3. The molecule has 1 aromatic carbocycles. The number of hydrogen-bond donors (Lipinski definition) is 1. The zero-order chi connectivity index (χ0) is 13.7. The van der Waals surface area contributed by atoms with E-state index in [9.17, 15) is 4.79 Å². The number of benzene rings is 1. The van der Waals surface area contributed by atoms with Gasteiger partial charge in [-0.15, -0.1) is 0 Å². The molecule has 2 N–H and O–H groups in total. The van der Waals surface area contributed by atoms with E-state index in [1.807, 2.05) is 4.90 Å². The molecule has 1 aliphatic rings. The normalized spacial score (nSPS) is 19.2. The molecule has 1 aliphatic heterocycles. The van der Waals surface area contributed by atoms with Gasteiger partial charge in [-0.1, -0.05) is 13.0 Å². The molecule has 1 fully saturated rings. The maximum absolute atomic E-state index is 12.1. The van der Waals surface area contributed by atoms with Gasteiger partial charge in [0.2, 0.25) is 0 Å². The Kier molecular flexibility index (Phi) is 4.63. The van der Waals surface area contributed by atoms with E-state index >= 15 is 0 Å². The van der Waals surface area contributed by atoms with E-state index in [0.29, 0.717) is 31.2 Å². The van der Waals surface area contributed by atoms with Crippen molar-refractivity contribution in [2.45, 2.75) is 19.4 Å². The van der Waals surface area contributed by atoms with Crippen LogP contribution in [0.1, 0.15) is 13.3 Å². The molecule has 0 aliphatic carbocycles. The first-order chi connectivity index (χ1) is 9.20. The monoisotopic (exact) mass is 264 g/mol. The van der Waals surface area contributed by atoms with E-state index in [1.165, 1.54) is 0 Å². The second-order valence-corrected chi connectivity index (χ2v) is 4.59. The Hall–Kier alpha value is -1.75. The van der Waals surface area contributed by atoms with E-state index in [2.05, 4.69) is 6.92 Å². The molecule has 0 bridgehead atoms. The van der Waals surface area contributed by atoms with Crippen LogP contribution in [0.25, 0.3) is 0 Å². The molecular formula is C14H20N2O3. The molecule has 19 heavy (non-hydrogen) atoms.